The number of unbranched alkanes of at least 4 members (excludes halogenated alkanes) is 1. The molecular weight excluding hydrogens is 194 g/mol. The van der Waals surface area contributed by atoms with Crippen molar-refractivity contribution in [1.82, 2.24) is 5.32 Å². The number of carbonyl (C=O) groups is 2. The quantitative estimate of drug-likeness (QED) is 0.657. The van der Waals surface area contributed by atoms with Crippen LogP contribution in [-0.4, -0.2) is 24.5 Å². The van der Waals surface area contributed by atoms with Gasteiger partial charge in [-0.05, 0) is 19.8 Å². The molecule has 0 aliphatic heterocycles. The predicted octanol–water partition coefficient (Wildman–Crippen LogP) is 1.63. The van der Waals surface area contributed by atoms with Crippen molar-refractivity contribution in [2.45, 2.75) is 52.5 Å². The molecule has 1 N–H and O–H groups in total. The fourth-order valence-corrected chi connectivity index (χ4v) is 1.17. The summed E-state index contributed by atoms with van der Waals surface area (Å²) < 4.78 is 4.85. The maximum Gasteiger partial charge on any atom is 0.328 e. The lowest BCUT2D eigenvalue weighted by Gasteiger charge is -2.15. The van der Waals surface area contributed by atoms with Crippen molar-refractivity contribution in [3.05, 3.63) is 0 Å². The molecule has 0 rings (SSSR count). The first-order valence-corrected chi connectivity index (χ1v) is 5.61. The number of hydrogen-bond donors (Lipinski definition) is 1. The molecule has 0 saturated heterocycles. The van der Waals surface area contributed by atoms with Gasteiger partial charge in [-0.15, -0.1) is 0 Å². The highest BCUT2D eigenvalue weighted by molar-refractivity contribution is 5.84. The third kappa shape index (κ3) is 6.10. The van der Waals surface area contributed by atoms with Crippen LogP contribution in [0.1, 0.15) is 46.5 Å². The molecule has 1 unspecified atom stereocenters. The minimum atomic E-state index is -0.491. The number of hydrogen-bond acceptors (Lipinski definition) is 3. The third-order valence-electron chi connectivity index (χ3n) is 2.07. The first-order valence-electron chi connectivity index (χ1n) is 5.61. The Balaban J connectivity index is 3.97. The van der Waals surface area contributed by atoms with E-state index in [2.05, 4.69) is 5.32 Å². The molecule has 4 nitrogen and oxygen atoms in total. The molecule has 0 bridgehead atoms. The van der Waals surface area contributed by atoms with Crippen molar-refractivity contribution in [2.24, 2.45) is 0 Å². The van der Waals surface area contributed by atoms with E-state index in [4.69, 9.17) is 4.74 Å². The maximum atomic E-state index is 11.4. The molecule has 0 heterocycles. The van der Waals surface area contributed by atoms with Crippen LogP contribution < -0.4 is 5.32 Å². The summed E-state index contributed by atoms with van der Waals surface area (Å²) in [5.41, 5.74) is 0. The van der Waals surface area contributed by atoms with E-state index < -0.39 is 6.04 Å². The van der Waals surface area contributed by atoms with Crippen molar-refractivity contribution in [1.29, 1.82) is 0 Å². The second-order valence-electron chi connectivity index (χ2n) is 3.38. The van der Waals surface area contributed by atoms with Crippen LogP contribution >= 0.6 is 0 Å². The molecule has 1 amide bonds. The van der Waals surface area contributed by atoms with Crippen LogP contribution in [0, 0.1) is 0 Å². The molecule has 0 radical (unpaired) electrons. The monoisotopic (exact) mass is 215 g/mol. The summed E-state index contributed by atoms with van der Waals surface area (Å²) in [7, 11) is 0. The van der Waals surface area contributed by atoms with Crippen LogP contribution in [0.15, 0.2) is 0 Å². The van der Waals surface area contributed by atoms with Crippen molar-refractivity contribution in [3.8, 4) is 0 Å². The zero-order valence-corrected chi connectivity index (χ0v) is 9.84. The maximum absolute atomic E-state index is 11.4. The van der Waals surface area contributed by atoms with E-state index in [1.807, 2.05) is 13.8 Å². The Bertz CT molecular complexity index is 204. The van der Waals surface area contributed by atoms with Gasteiger partial charge in [-0.1, -0.05) is 20.3 Å². The standard InChI is InChI=1S/C11H21NO3/c1-4-7-8-10(13)12-9(5-2)11(14)15-6-3/h9H,4-8H2,1-3H3,(H,12,13). The fourth-order valence-electron chi connectivity index (χ4n) is 1.17. The smallest absolute Gasteiger partial charge is 0.328 e. The molecule has 15 heavy (non-hydrogen) atoms. The molecule has 0 fully saturated rings. The zero-order valence-electron chi connectivity index (χ0n) is 9.84. The van der Waals surface area contributed by atoms with Gasteiger partial charge in [-0.25, -0.2) is 4.79 Å². The van der Waals surface area contributed by atoms with Crippen LogP contribution in [0.2, 0.25) is 0 Å². The molecular formula is C11H21NO3. The summed E-state index contributed by atoms with van der Waals surface area (Å²) in [5.74, 6) is -0.415. The molecule has 4 heteroatoms. The van der Waals surface area contributed by atoms with E-state index in [1.165, 1.54) is 0 Å². The molecule has 0 aliphatic carbocycles. The van der Waals surface area contributed by atoms with Crippen LogP contribution in [-0.2, 0) is 14.3 Å². The highest BCUT2D eigenvalue weighted by Gasteiger charge is 2.19. The lowest BCUT2D eigenvalue weighted by molar-refractivity contribution is -0.147. The highest BCUT2D eigenvalue weighted by Crippen LogP contribution is 1.98. The average Bonchev–Trinajstić information content (AvgIpc) is 2.23. The molecule has 88 valence electrons. The zero-order chi connectivity index (χ0) is 11.7. The molecule has 0 aromatic rings. The largest absolute Gasteiger partial charge is 0.464 e. The number of esters is 1. The summed E-state index contributed by atoms with van der Waals surface area (Å²) in [6.45, 7) is 5.97. The first kappa shape index (κ1) is 13.9. The Kier molecular flexibility index (Phi) is 7.68. The number of rotatable bonds is 7. The van der Waals surface area contributed by atoms with E-state index in [1.54, 1.807) is 6.92 Å². The van der Waals surface area contributed by atoms with E-state index in [0.717, 1.165) is 12.8 Å². The summed E-state index contributed by atoms with van der Waals surface area (Å²) >= 11 is 0. The van der Waals surface area contributed by atoms with E-state index in [9.17, 15) is 9.59 Å². The minimum Gasteiger partial charge on any atom is -0.464 e. The Morgan fingerprint density at radius 1 is 1.27 bits per heavy atom. The van der Waals surface area contributed by atoms with Gasteiger partial charge in [-0.3, -0.25) is 4.79 Å². The van der Waals surface area contributed by atoms with Gasteiger partial charge >= 0.3 is 5.97 Å². The van der Waals surface area contributed by atoms with E-state index in [-0.39, 0.29) is 11.9 Å². The summed E-state index contributed by atoms with van der Waals surface area (Å²) in [6.07, 6.45) is 2.87. The number of carbonyl (C=O) groups excluding carboxylic acids is 2. The average molecular weight is 215 g/mol. The molecule has 0 aliphatic rings. The Hall–Kier alpha value is -1.06. The molecule has 0 saturated carbocycles. The summed E-state index contributed by atoms with van der Waals surface area (Å²) in [5, 5.41) is 2.67. The van der Waals surface area contributed by atoms with Gasteiger partial charge in [-0.2, -0.15) is 0 Å². The third-order valence-corrected chi connectivity index (χ3v) is 2.07. The van der Waals surface area contributed by atoms with Gasteiger partial charge in [0.05, 0.1) is 6.61 Å². The Morgan fingerprint density at radius 2 is 1.93 bits per heavy atom. The number of amides is 1. The Morgan fingerprint density at radius 3 is 2.40 bits per heavy atom. The molecule has 1 atom stereocenters. The van der Waals surface area contributed by atoms with Crippen molar-refractivity contribution >= 4 is 11.9 Å². The van der Waals surface area contributed by atoms with Gasteiger partial charge in [0.25, 0.3) is 0 Å². The molecule has 0 aromatic carbocycles. The fraction of sp³-hybridized carbons (Fsp3) is 0.818. The van der Waals surface area contributed by atoms with Crippen molar-refractivity contribution in [2.75, 3.05) is 6.61 Å². The van der Waals surface area contributed by atoms with Crippen LogP contribution in [0.5, 0.6) is 0 Å². The van der Waals surface area contributed by atoms with Gasteiger partial charge in [0.1, 0.15) is 6.04 Å². The van der Waals surface area contributed by atoms with Gasteiger partial charge in [0, 0.05) is 6.42 Å². The predicted molar refractivity (Wildman–Crippen MR) is 58.4 cm³/mol. The minimum absolute atomic E-state index is 0.0725. The number of ether oxygens (including phenoxy) is 1. The molecule has 0 aromatic heterocycles. The summed E-state index contributed by atoms with van der Waals surface area (Å²) in [6, 6.07) is -0.491. The second kappa shape index (κ2) is 8.26. The molecule has 0 spiro atoms. The second-order valence-corrected chi connectivity index (χ2v) is 3.38. The van der Waals surface area contributed by atoms with E-state index in [0.29, 0.717) is 19.4 Å². The highest BCUT2D eigenvalue weighted by atomic mass is 16.5. The first-order chi connectivity index (χ1) is 7.15. The van der Waals surface area contributed by atoms with Crippen molar-refractivity contribution < 1.29 is 14.3 Å². The van der Waals surface area contributed by atoms with E-state index >= 15 is 0 Å². The Labute approximate surface area is 91.4 Å². The van der Waals surface area contributed by atoms with Crippen molar-refractivity contribution in [3.63, 3.8) is 0 Å². The lowest BCUT2D eigenvalue weighted by Crippen LogP contribution is -2.41. The van der Waals surface area contributed by atoms with Crippen LogP contribution in [0.25, 0.3) is 0 Å². The van der Waals surface area contributed by atoms with Gasteiger partial charge in [0.15, 0.2) is 0 Å². The van der Waals surface area contributed by atoms with Gasteiger partial charge < -0.3 is 10.1 Å². The van der Waals surface area contributed by atoms with Crippen LogP contribution in [0.4, 0.5) is 0 Å². The SMILES string of the molecule is CCCCC(=O)NC(CC)C(=O)OCC. The topological polar surface area (TPSA) is 55.4 Å². The summed E-state index contributed by atoms with van der Waals surface area (Å²) in [4.78, 5) is 22.7. The van der Waals surface area contributed by atoms with Gasteiger partial charge in [0.2, 0.25) is 5.91 Å². The normalized spacial score (nSPS) is 11.9. The number of nitrogens with one attached hydrogen (secondary N) is 1. The van der Waals surface area contributed by atoms with Crippen LogP contribution in [0.3, 0.4) is 0 Å². The lowest BCUT2D eigenvalue weighted by atomic mass is 10.2.